The number of nitrogens with zero attached hydrogens (tertiary/aromatic N) is 1. The molecule has 0 spiro atoms. The van der Waals surface area contributed by atoms with Gasteiger partial charge in [-0.25, -0.2) is 0 Å². The van der Waals surface area contributed by atoms with Crippen molar-refractivity contribution in [1.82, 2.24) is 4.90 Å². The Bertz CT molecular complexity index is 367. The fourth-order valence-electron chi connectivity index (χ4n) is 2.99. The predicted octanol–water partition coefficient (Wildman–Crippen LogP) is 3.38. The summed E-state index contributed by atoms with van der Waals surface area (Å²) in [6.07, 6.45) is 4.93. The van der Waals surface area contributed by atoms with Gasteiger partial charge >= 0.3 is 0 Å². The van der Waals surface area contributed by atoms with Crippen LogP contribution in [-0.2, 0) is 6.42 Å². The van der Waals surface area contributed by atoms with Gasteiger partial charge in [0.05, 0.1) is 0 Å². The Kier molecular flexibility index (Phi) is 4.06. The summed E-state index contributed by atoms with van der Waals surface area (Å²) in [5.41, 5.74) is 9.74. The number of nitrogens with two attached hydrogens (primary N) is 1. The largest absolute Gasteiger partial charge is 0.399 e. The van der Waals surface area contributed by atoms with Gasteiger partial charge in [0.1, 0.15) is 0 Å². The van der Waals surface area contributed by atoms with Crippen LogP contribution < -0.4 is 5.73 Å². The van der Waals surface area contributed by atoms with Gasteiger partial charge in [-0.3, -0.25) is 4.90 Å². The molecule has 1 aliphatic rings. The minimum absolute atomic E-state index is 0.630. The molecule has 0 aromatic heterocycles. The van der Waals surface area contributed by atoms with Crippen LogP contribution in [-0.4, -0.2) is 18.0 Å². The first kappa shape index (κ1) is 12.4. The summed E-state index contributed by atoms with van der Waals surface area (Å²) < 4.78 is 0. The van der Waals surface area contributed by atoms with E-state index in [-0.39, 0.29) is 0 Å². The molecule has 1 unspecified atom stereocenters. The quantitative estimate of drug-likeness (QED) is 0.789. The van der Waals surface area contributed by atoms with E-state index in [1.165, 1.54) is 49.9 Å². The standard InChI is InChI=1S/C15H24N2/c1-3-9-17(10-4-2)15-8-5-12-11-13(16)6-7-14(12)15/h6-7,11,15H,3-5,8-10,16H2,1-2H3. The maximum Gasteiger partial charge on any atom is 0.0354 e. The molecule has 0 aliphatic heterocycles. The molecule has 0 amide bonds. The van der Waals surface area contributed by atoms with Gasteiger partial charge in [-0.15, -0.1) is 0 Å². The van der Waals surface area contributed by atoms with E-state index >= 15 is 0 Å². The van der Waals surface area contributed by atoms with Crippen LogP contribution in [0.15, 0.2) is 18.2 Å². The number of fused-ring (bicyclic) bond motifs is 1. The fourth-order valence-corrected chi connectivity index (χ4v) is 2.99. The number of hydrogen-bond acceptors (Lipinski definition) is 2. The lowest BCUT2D eigenvalue weighted by atomic mass is 10.1. The van der Waals surface area contributed by atoms with Crippen LogP contribution in [0.2, 0.25) is 0 Å². The zero-order chi connectivity index (χ0) is 12.3. The Morgan fingerprint density at radius 1 is 1.24 bits per heavy atom. The SMILES string of the molecule is CCCN(CCC)C1CCc2cc(N)ccc21. The third-order valence-corrected chi connectivity index (χ3v) is 3.68. The molecule has 0 saturated heterocycles. The molecular weight excluding hydrogens is 208 g/mol. The molecule has 0 fully saturated rings. The highest BCUT2D eigenvalue weighted by atomic mass is 15.2. The van der Waals surface area contributed by atoms with Crippen LogP contribution in [0.1, 0.15) is 50.3 Å². The van der Waals surface area contributed by atoms with Crippen molar-refractivity contribution in [3.05, 3.63) is 29.3 Å². The average molecular weight is 232 g/mol. The molecule has 0 radical (unpaired) electrons. The number of nitrogen functional groups attached to an aromatic ring is 1. The van der Waals surface area contributed by atoms with Gasteiger partial charge in [0.2, 0.25) is 0 Å². The average Bonchev–Trinajstić information content (AvgIpc) is 2.71. The van der Waals surface area contributed by atoms with Gasteiger partial charge in [-0.2, -0.15) is 0 Å². The zero-order valence-electron chi connectivity index (χ0n) is 11.1. The second kappa shape index (κ2) is 5.54. The molecule has 17 heavy (non-hydrogen) atoms. The van der Waals surface area contributed by atoms with Crippen LogP contribution in [0, 0.1) is 0 Å². The van der Waals surface area contributed by atoms with Crippen molar-refractivity contribution in [2.24, 2.45) is 0 Å². The second-order valence-corrected chi connectivity index (χ2v) is 5.05. The molecule has 2 rings (SSSR count). The maximum atomic E-state index is 5.86. The zero-order valence-corrected chi connectivity index (χ0v) is 11.1. The van der Waals surface area contributed by atoms with Gasteiger partial charge in [0.15, 0.2) is 0 Å². The second-order valence-electron chi connectivity index (χ2n) is 5.05. The summed E-state index contributed by atoms with van der Waals surface area (Å²) in [5, 5.41) is 0. The summed E-state index contributed by atoms with van der Waals surface area (Å²) in [7, 11) is 0. The van der Waals surface area contributed by atoms with Gasteiger partial charge < -0.3 is 5.73 Å². The molecule has 0 saturated carbocycles. The highest BCUT2D eigenvalue weighted by Gasteiger charge is 2.26. The molecule has 94 valence electrons. The van der Waals surface area contributed by atoms with Gasteiger partial charge in [-0.05, 0) is 62.0 Å². The van der Waals surface area contributed by atoms with Crippen LogP contribution in [0.25, 0.3) is 0 Å². The Morgan fingerprint density at radius 2 is 1.94 bits per heavy atom. The Balaban J connectivity index is 2.19. The normalized spacial score (nSPS) is 18.6. The van der Waals surface area contributed by atoms with Crippen molar-refractivity contribution in [1.29, 1.82) is 0 Å². The molecule has 1 aromatic rings. The first-order valence-electron chi connectivity index (χ1n) is 6.88. The first-order chi connectivity index (χ1) is 8.26. The lowest BCUT2D eigenvalue weighted by Crippen LogP contribution is -2.29. The van der Waals surface area contributed by atoms with E-state index in [1.54, 1.807) is 0 Å². The van der Waals surface area contributed by atoms with E-state index in [4.69, 9.17) is 5.73 Å². The van der Waals surface area contributed by atoms with Crippen molar-refractivity contribution in [2.75, 3.05) is 18.8 Å². The molecular formula is C15H24N2. The number of anilines is 1. The minimum Gasteiger partial charge on any atom is -0.399 e. The van der Waals surface area contributed by atoms with E-state index in [9.17, 15) is 0 Å². The number of benzene rings is 1. The summed E-state index contributed by atoms with van der Waals surface area (Å²) in [5.74, 6) is 0. The fraction of sp³-hybridized carbons (Fsp3) is 0.600. The molecule has 1 aromatic carbocycles. The molecule has 1 aliphatic carbocycles. The lowest BCUT2D eigenvalue weighted by molar-refractivity contribution is 0.197. The molecule has 0 heterocycles. The van der Waals surface area contributed by atoms with Crippen LogP contribution in [0.5, 0.6) is 0 Å². The summed E-state index contributed by atoms with van der Waals surface area (Å²) in [6.45, 7) is 6.95. The highest BCUT2D eigenvalue weighted by Crippen LogP contribution is 2.36. The van der Waals surface area contributed by atoms with E-state index in [0.29, 0.717) is 6.04 Å². The van der Waals surface area contributed by atoms with Crippen molar-refractivity contribution in [2.45, 2.75) is 45.6 Å². The Labute approximate surface area is 105 Å². The third-order valence-electron chi connectivity index (χ3n) is 3.68. The van der Waals surface area contributed by atoms with Crippen LogP contribution >= 0.6 is 0 Å². The minimum atomic E-state index is 0.630. The van der Waals surface area contributed by atoms with Gasteiger partial charge in [-0.1, -0.05) is 19.9 Å². The van der Waals surface area contributed by atoms with Crippen molar-refractivity contribution < 1.29 is 0 Å². The highest BCUT2D eigenvalue weighted by molar-refractivity contribution is 5.47. The molecule has 1 atom stereocenters. The van der Waals surface area contributed by atoms with E-state index < -0.39 is 0 Å². The Hall–Kier alpha value is -1.02. The predicted molar refractivity (Wildman–Crippen MR) is 74.1 cm³/mol. The third kappa shape index (κ3) is 2.63. The lowest BCUT2D eigenvalue weighted by Gasteiger charge is -2.29. The van der Waals surface area contributed by atoms with E-state index in [0.717, 1.165) is 5.69 Å². The molecule has 2 heteroatoms. The monoisotopic (exact) mass is 232 g/mol. The smallest absolute Gasteiger partial charge is 0.0354 e. The number of hydrogen-bond donors (Lipinski definition) is 1. The van der Waals surface area contributed by atoms with Crippen molar-refractivity contribution in [3.8, 4) is 0 Å². The molecule has 0 bridgehead atoms. The topological polar surface area (TPSA) is 29.3 Å². The van der Waals surface area contributed by atoms with Gasteiger partial charge in [0.25, 0.3) is 0 Å². The molecule has 2 N–H and O–H groups in total. The number of rotatable bonds is 5. The number of aryl methyl sites for hydroxylation is 1. The van der Waals surface area contributed by atoms with Gasteiger partial charge in [0, 0.05) is 11.7 Å². The first-order valence-corrected chi connectivity index (χ1v) is 6.88. The summed E-state index contributed by atoms with van der Waals surface area (Å²) in [4.78, 5) is 2.64. The van der Waals surface area contributed by atoms with Crippen molar-refractivity contribution >= 4 is 5.69 Å². The summed E-state index contributed by atoms with van der Waals surface area (Å²) >= 11 is 0. The maximum absolute atomic E-state index is 5.86. The van der Waals surface area contributed by atoms with Crippen molar-refractivity contribution in [3.63, 3.8) is 0 Å². The summed E-state index contributed by atoms with van der Waals surface area (Å²) in [6, 6.07) is 7.07. The van der Waals surface area contributed by atoms with Crippen LogP contribution in [0.4, 0.5) is 5.69 Å². The van der Waals surface area contributed by atoms with E-state index in [2.05, 4.69) is 30.9 Å². The molecule has 2 nitrogen and oxygen atoms in total. The van der Waals surface area contributed by atoms with E-state index in [1.807, 2.05) is 6.07 Å². The van der Waals surface area contributed by atoms with Crippen LogP contribution in [0.3, 0.4) is 0 Å². The Morgan fingerprint density at radius 3 is 2.59 bits per heavy atom.